The van der Waals surface area contributed by atoms with Gasteiger partial charge in [-0.05, 0) is 41.8 Å². The summed E-state index contributed by atoms with van der Waals surface area (Å²) in [5.41, 5.74) is 2.87. The highest BCUT2D eigenvalue weighted by atomic mass is 16.7. The molecule has 1 saturated heterocycles. The van der Waals surface area contributed by atoms with E-state index < -0.39 is 0 Å². The highest BCUT2D eigenvalue weighted by Crippen LogP contribution is 2.37. The van der Waals surface area contributed by atoms with Crippen LogP contribution in [0.1, 0.15) is 30.4 Å². The van der Waals surface area contributed by atoms with Crippen LogP contribution in [0.15, 0.2) is 42.5 Å². The van der Waals surface area contributed by atoms with Crippen LogP contribution in [0.4, 0.5) is 5.69 Å². The number of ether oxygens (including phenoxy) is 2. The number of anilines is 1. The lowest BCUT2D eigenvalue weighted by Gasteiger charge is -2.17. The summed E-state index contributed by atoms with van der Waals surface area (Å²) < 4.78 is 10.8. The van der Waals surface area contributed by atoms with Crippen LogP contribution in [-0.4, -0.2) is 36.6 Å². The van der Waals surface area contributed by atoms with Gasteiger partial charge in [-0.15, -0.1) is 0 Å². The van der Waals surface area contributed by atoms with Gasteiger partial charge >= 0.3 is 0 Å². The summed E-state index contributed by atoms with van der Waals surface area (Å²) in [6.07, 6.45) is 1.32. The molecule has 2 heterocycles. The molecule has 2 aliphatic rings. The summed E-state index contributed by atoms with van der Waals surface area (Å²) in [5, 5.41) is 2.73. The molecular weight excluding hydrogens is 344 g/mol. The van der Waals surface area contributed by atoms with Gasteiger partial charge in [-0.25, -0.2) is 0 Å². The number of rotatable bonds is 4. The molecule has 1 N–H and O–H groups in total. The van der Waals surface area contributed by atoms with Crippen LogP contribution in [0, 0.1) is 0 Å². The zero-order chi connectivity index (χ0) is 18.8. The fourth-order valence-electron chi connectivity index (χ4n) is 3.62. The number of nitrogens with zero attached hydrogens (tertiary/aromatic N) is 1. The number of nitrogens with one attached hydrogen (secondary N) is 1. The molecule has 2 amide bonds. The van der Waals surface area contributed by atoms with E-state index in [0.717, 1.165) is 42.3 Å². The Labute approximate surface area is 158 Å². The average molecular weight is 366 g/mol. The number of carbonyl (C=O) groups excluding carboxylic acids is 2. The van der Waals surface area contributed by atoms with Crippen molar-refractivity contribution in [3.63, 3.8) is 0 Å². The smallest absolute Gasteiger partial charge is 0.231 e. The number of carbonyl (C=O) groups is 2. The highest BCUT2D eigenvalue weighted by Gasteiger charge is 2.28. The third kappa shape index (κ3) is 3.89. The molecular formula is C21H22N2O4. The number of likely N-dealkylation sites (tertiary alicyclic amines) is 1. The van der Waals surface area contributed by atoms with Crippen LogP contribution in [0.2, 0.25) is 0 Å². The molecule has 0 aliphatic carbocycles. The van der Waals surface area contributed by atoms with E-state index in [1.165, 1.54) is 12.5 Å². The van der Waals surface area contributed by atoms with Gasteiger partial charge in [0.2, 0.25) is 18.6 Å². The molecule has 2 aromatic carbocycles. The van der Waals surface area contributed by atoms with Crippen LogP contribution in [0.5, 0.6) is 11.5 Å². The van der Waals surface area contributed by atoms with E-state index in [-0.39, 0.29) is 18.6 Å². The summed E-state index contributed by atoms with van der Waals surface area (Å²) in [5.74, 6) is 1.92. The Balaban J connectivity index is 1.35. The van der Waals surface area contributed by atoms with Gasteiger partial charge in [0.25, 0.3) is 0 Å². The highest BCUT2D eigenvalue weighted by molar-refractivity contribution is 5.88. The second kappa shape index (κ2) is 7.31. The van der Waals surface area contributed by atoms with Gasteiger partial charge in [-0.1, -0.05) is 18.2 Å². The fourth-order valence-corrected chi connectivity index (χ4v) is 3.62. The van der Waals surface area contributed by atoms with Gasteiger partial charge in [-0.2, -0.15) is 0 Å². The van der Waals surface area contributed by atoms with Gasteiger partial charge in [-0.3, -0.25) is 9.59 Å². The zero-order valence-electron chi connectivity index (χ0n) is 15.2. The fraction of sp³-hybridized carbons (Fsp3) is 0.333. The van der Waals surface area contributed by atoms with E-state index in [2.05, 4.69) is 11.4 Å². The Hall–Kier alpha value is -3.02. The maximum Gasteiger partial charge on any atom is 0.231 e. The van der Waals surface area contributed by atoms with Crippen molar-refractivity contribution in [1.82, 2.24) is 4.90 Å². The average Bonchev–Trinajstić information content (AvgIpc) is 3.31. The van der Waals surface area contributed by atoms with Crippen LogP contribution in [-0.2, 0) is 16.0 Å². The Bertz CT molecular complexity index is 863. The predicted octanol–water partition coefficient (Wildman–Crippen LogP) is 2.93. The predicted molar refractivity (Wildman–Crippen MR) is 101 cm³/mol. The summed E-state index contributed by atoms with van der Waals surface area (Å²) in [4.78, 5) is 25.7. The first-order chi connectivity index (χ1) is 13.1. The molecule has 27 heavy (non-hydrogen) atoms. The first kappa shape index (κ1) is 17.4. The van der Waals surface area contributed by atoms with E-state index in [9.17, 15) is 9.59 Å². The molecule has 2 aromatic rings. The summed E-state index contributed by atoms with van der Waals surface area (Å²) >= 11 is 0. The lowest BCUT2D eigenvalue weighted by molar-refractivity contribution is -0.129. The Kier molecular flexibility index (Phi) is 4.71. The summed E-state index contributed by atoms with van der Waals surface area (Å²) in [6.45, 7) is 3.24. The molecule has 6 heteroatoms. The second-order valence-corrected chi connectivity index (χ2v) is 6.99. The molecule has 6 nitrogen and oxygen atoms in total. The maximum atomic E-state index is 12.7. The Morgan fingerprint density at radius 3 is 2.67 bits per heavy atom. The van der Waals surface area contributed by atoms with E-state index in [0.29, 0.717) is 12.3 Å². The van der Waals surface area contributed by atoms with Gasteiger partial charge in [0.15, 0.2) is 11.5 Å². The lowest BCUT2D eigenvalue weighted by Crippen LogP contribution is -2.29. The second-order valence-electron chi connectivity index (χ2n) is 6.99. The van der Waals surface area contributed by atoms with E-state index in [1.54, 1.807) is 0 Å². The SMILES string of the molecule is CC(=O)Nc1ccc(CC(=O)N2CC[C@@H](c3ccc4c(c3)OCO4)C2)cc1. The van der Waals surface area contributed by atoms with Crippen molar-refractivity contribution in [2.75, 3.05) is 25.2 Å². The van der Waals surface area contributed by atoms with Crippen LogP contribution in [0.25, 0.3) is 0 Å². The Morgan fingerprint density at radius 1 is 1.11 bits per heavy atom. The number of benzene rings is 2. The molecule has 1 atom stereocenters. The first-order valence-corrected chi connectivity index (χ1v) is 9.12. The van der Waals surface area contributed by atoms with Gasteiger partial charge in [0.05, 0.1) is 6.42 Å². The molecule has 0 spiro atoms. The molecule has 0 saturated carbocycles. The number of amides is 2. The van der Waals surface area contributed by atoms with Crippen molar-refractivity contribution in [1.29, 1.82) is 0 Å². The lowest BCUT2D eigenvalue weighted by atomic mass is 9.98. The minimum absolute atomic E-state index is 0.106. The summed E-state index contributed by atoms with van der Waals surface area (Å²) in [7, 11) is 0. The largest absolute Gasteiger partial charge is 0.454 e. The van der Waals surface area contributed by atoms with Crippen molar-refractivity contribution >= 4 is 17.5 Å². The molecule has 1 fully saturated rings. The molecule has 2 aliphatic heterocycles. The third-order valence-electron chi connectivity index (χ3n) is 5.04. The number of hydrogen-bond acceptors (Lipinski definition) is 4. The number of fused-ring (bicyclic) bond motifs is 1. The van der Waals surface area contributed by atoms with Crippen molar-refractivity contribution in [2.24, 2.45) is 0 Å². The van der Waals surface area contributed by atoms with Gasteiger partial charge in [0, 0.05) is 31.6 Å². The normalized spacial score (nSPS) is 17.8. The standard InChI is InChI=1S/C21H22N2O4/c1-14(24)22-18-5-2-15(3-6-18)10-21(25)23-9-8-17(12-23)16-4-7-19-20(11-16)27-13-26-19/h2-7,11,17H,8-10,12-13H2,1H3,(H,22,24)/t17-/m1/s1. The summed E-state index contributed by atoms with van der Waals surface area (Å²) in [6, 6.07) is 13.4. The molecule has 0 bridgehead atoms. The molecule has 4 rings (SSSR count). The van der Waals surface area contributed by atoms with Crippen LogP contribution in [0.3, 0.4) is 0 Å². The Morgan fingerprint density at radius 2 is 1.89 bits per heavy atom. The monoisotopic (exact) mass is 366 g/mol. The molecule has 0 unspecified atom stereocenters. The molecule has 0 aromatic heterocycles. The van der Waals surface area contributed by atoms with Crippen molar-refractivity contribution in [3.05, 3.63) is 53.6 Å². The minimum atomic E-state index is -0.106. The third-order valence-corrected chi connectivity index (χ3v) is 5.04. The van der Waals surface area contributed by atoms with Gasteiger partial charge in [0.1, 0.15) is 0 Å². The van der Waals surface area contributed by atoms with E-state index in [1.807, 2.05) is 41.3 Å². The van der Waals surface area contributed by atoms with Gasteiger partial charge < -0.3 is 19.7 Å². The van der Waals surface area contributed by atoms with Crippen molar-refractivity contribution in [3.8, 4) is 11.5 Å². The zero-order valence-corrected chi connectivity index (χ0v) is 15.2. The van der Waals surface area contributed by atoms with Crippen molar-refractivity contribution in [2.45, 2.75) is 25.7 Å². The van der Waals surface area contributed by atoms with Crippen LogP contribution >= 0.6 is 0 Å². The maximum absolute atomic E-state index is 12.7. The van der Waals surface area contributed by atoms with Crippen LogP contribution < -0.4 is 14.8 Å². The topological polar surface area (TPSA) is 67.9 Å². The first-order valence-electron chi connectivity index (χ1n) is 9.12. The van der Waals surface area contributed by atoms with E-state index in [4.69, 9.17) is 9.47 Å². The number of hydrogen-bond donors (Lipinski definition) is 1. The molecule has 0 radical (unpaired) electrons. The van der Waals surface area contributed by atoms with Crippen molar-refractivity contribution < 1.29 is 19.1 Å². The minimum Gasteiger partial charge on any atom is -0.454 e. The quantitative estimate of drug-likeness (QED) is 0.903. The molecule has 140 valence electrons. The van der Waals surface area contributed by atoms with E-state index >= 15 is 0 Å².